The second-order valence-electron chi connectivity index (χ2n) is 5.16. The molecule has 0 radical (unpaired) electrons. The third-order valence-electron chi connectivity index (χ3n) is 3.52. The van der Waals surface area contributed by atoms with Crippen LogP contribution in [0.2, 0.25) is 10.2 Å². The number of imide groups is 1. The number of nitrogens with zero attached hydrogens (tertiary/aromatic N) is 3. The van der Waals surface area contributed by atoms with Crippen molar-refractivity contribution >= 4 is 65.1 Å². The zero-order valence-electron chi connectivity index (χ0n) is 13.9. The number of hydrogen-bond acceptors (Lipinski definition) is 3. The number of carbonyl (C=O) groups excluding carboxylic acids is 2. The van der Waals surface area contributed by atoms with E-state index in [0.717, 1.165) is 5.69 Å². The Morgan fingerprint density at radius 3 is 2.60 bits per heavy atom. The van der Waals surface area contributed by atoms with E-state index in [9.17, 15) is 9.59 Å². The summed E-state index contributed by atoms with van der Waals surface area (Å²) >= 11 is 12.0. The molecule has 1 aromatic rings. The Morgan fingerprint density at radius 2 is 2.08 bits per heavy atom. The average molecular weight is 503 g/mol. The normalized spacial score (nSPS) is 14.4. The van der Waals surface area contributed by atoms with Gasteiger partial charge in [0.1, 0.15) is 5.15 Å². The molecule has 0 atom stereocenters. The fourth-order valence-corrected chi connectivity index (χ4v) is 2.63. The standard InChI is InChI=1S/C14H20Cl2N6O2.HI/c1-3-17-13(18-4-5-22-11(23)8-20-14(22)24)19-7-9-6-10(15)12(16)21(9)2;/h6H,3-5,7-8H2,1-2H3,(H,20,24)(H2,17,18,19);1H. The fraction of sp³-hybridized carbons (Fsp3) is 0.500. The number of urea groups is 1. The van der Waals surface area contributed by atoms with E-state index in [1.165, 1.54) is 4.90 Å². The minimum absolute atomic E-state index is 0. The van der Waals surface area contributed by atoms with Crippen molar-refractivity contribution in [3.8, 4) is 0 Å². The van der Waals surface area contributed by atoms with Crippen molar-refractivity contribution in [2.45, 2.75) is 13.5 Å². The number of aliphatic imine (C=N–C) groups is 1. The number of guanidine groups is 1. The molecule has 0 aromatic carbocycles. The summed E-state index contributed by atoms with van der Waals surface area (Å²) in [6.07, 6.45) is 0. The Balaban J connectivity index is 0.00000312. The van der Waals surface area contributed by atoms with Gasteiger partial charge in [0.2, 0.25) is 5.91 Å². The van der Waals surface area contributed by atoms with Crippen LogP contribution in [0.1, 0.15) is 12.6 Å². The summed E-state index contributed by atoms with van der Waals surface area (Å²) in [6, 6.07) is 1.40. The first kappa shape index (κ1) is 21.8. The van der Waals surface area contributed by atoms with Crippen LogP contribution in [0.4, 0.5) is 4.79 Å². The highest BCUT2D eigenvalue weighted by molar-refractivity contribution is 14.0. The van der Waals surface area contributed by atoms with Crippen LogP contribution in [-0.4, -0.2) is 53.5 Å². The lowest BCUT2D eigenvalue weighted by Gasteiger charge is -2.15. The number of hydrogen-bond donors (Lipinski definition) is 3. The van der Waals surface area contributed by atoms with Gasteiger partial charge in [-0.05, 0) is 13.0 Å². The van der Waals surface area contributed by atoms with Gasteiger partial charge in [-0.25, -0.2) is 9.79 Å². The van der Waals surface area contributed by atoms with E-state index in [-0.39, 0.29) is 49.0 Å². The van der Waals surface area contributed by atoms with Crippen LogP contribution in [0.25, 0.3) is 0 Å². The molecule has 1 aliphatic rings. The van der Waals surface area contributed by atoms with E-state index in [1.54, 1.807) is 10.6 Å². The van der Waals surface area contributed by atoms with Gasteiger partial charge in [-0.1, -0.05) is 23.2 Å². The van der Waals surface area contributed by atoms with Crippen LogP contribution in [0.5, 0.6) is 0 Å². The molecule has 8 nitrogen and oxygen atoms in total. The molecule has 0 unspecified atom stereocenters. The van der Waals surface area contributed by atoms with Crippen molar-refractivity contribution in [1.82, 2.24) is 25.4 Å². The number of aromatic nitrogens is 1. The molecule has 1 aromatic heterocycles. The van der Waals surface area contributed by atoms with Crippen molar-refractivity contribution in [1.29, 1.82) is 0 Å². The Labute approximate surface area is 173 Å². The maximum Gasteiger partial charge on any atom is 0.324 e. The van der Waals surface area contributed by atoms with E-state index in [0.29, 0.717) is 35.8 Å². The molecular formula is C14H21Cl2IN6O2. The smallest absolute Gasteiger partial charge is 0.324 e. The van der Waals surface area contributed by atoms with Crippen molar-refractivity contribution in [3.05, 3.63) is 21.9 Å². The molecule has 1 fully saturated rings. The molecule has 0 spiro atoms. The second kappa shape index (κ2) is 10.1. The Kier molecular flexibility index (Phi) is 8.80. The average Bonchev–Trinajstić information content (AvgIpc) is 3.00. The highest BCUT2D eigenvalue weighted by Gasteiger charge is 2.27. The molecule has 3 N–H and O–H groups in total. The Bertz CT molecular complexity index is 648. The fourth-order valence-electron chi connectivity index (χ4n) is 2.21. The molecule has 140 valence electrons. The molecule has 25 heavy (non-hydrogen) atoms. The van der Waals surface area contributed by atoms with Gasteiger partial charge in [0.25, 0.3) is 0 Å². The number of carbonyl (C=O) groups is 2. The molecule has 11 heteroatoms. The number of nitrogens with one attached hydrogen (secondary N) is 3. The van der Waals surface area contributed by atoms with Gasteiger partial charge in [-0.2, -0.15) is 0 Å². The minimum atomic E-state index is -0.364. The van der Waals surface area contributed by atoms with Gasteiger partial charge in [-0.3, -0.25) is 9.69 Å². The summed E-state index contributed by atoms with van der Waals surface area (Å²) in [6.45, 7) is 3.76. The van der Waals surface area contributed by atoms with Crippen LogP contribution in [0, 0.1) is 0 Å². The quantitative estimate of drug-likeness (QED) is 0.238. The predicted molar refractivity (Wildman–Crippen MR) is 109 cm³/mol. The topological polar surface area (TPSA) is 90.8 Å². The van der Waals surface area contributed by atoms with E-state index >= 15 is 0 Å². The van der Waals surface area contributed by atoms with E-state index in [1.807, 2.05) is 14.0 Å². The molecule has 1 aliphatic heterocycles. The number of amides is 3. The predicted octanol–water partition coefficient (Wildman–Crippen LogP) is 1.56. The lowest BCUT2D eigenvalue weighted by Crippen LogP contribution is -2.43. The summed E-state index contributed by atoms with van der Waals surface area (Å²) in [5.41, 5.74) is 0.872. The molecule has 2 rings (SSSR count). The number of rotatable bonds is 6. The summed E-state index contributed by atoms with van der Waals surface area (Å²) in [5, 5.41) is 9.63. The monoisotopic (exact) mass is 502 g/mol. The largest absolute Gasteiger partial charge is 0.357 e. The zero-order chi connectivity index (χ0) is 17.7. The molecule has 1 saturated heterocycles. The van der Waals surface area contributed by atoms with Gasteiger partial charge >= 0.3 is 6.03 Å². The van der Waals surface area contributed by atoms with Gasteiger partial charge in [0.05, 0.1) is 18.1 Å². The van der Waals surface area contributed by atoms with Gasteiger partial charge in [0.15, 0.2) is 5.96 Å². The SMILES string of the molecule is CCNC(=NCc1cc(Cl)c(Cl)n1C)NCCN1C(=O)CNC1=O.I. The summed E-state index contributed by atoms with van der Waals surface area (Å²) < 4.78 is 1.77. The van der Waals surface area contributed by atoms with E-state index in [2.05, 4.69) is 20.9 Å². The molecular weight excluding hydrogens is 482 g/mol. The van der Waals surface area contributed by atoms with Gasteiger partial charge in [-0.15, -0.1) is 24.0 Å². The zero-order valence-corrected chi connectivity index (χ0v) is 17.8. The summed E-state index contributed by atoms with van der Waals surface area (Å²) in [5.74, 6) is 0.356. The Morgan fingerprint density at radius 1 is 1.36 bits per heavy atom. The highest BCUT2D eigenvalue weighted by Crippen LogP contribution is 2.25. The summed E-state index contributed by atoms with van der Waals surface area (Å²) in [4.78, 5) is 28.6. The van der Waals surface area contributed by atoms with Crippen LogP contribution >= 0.6 is 47.2 Å². The molecule has 2 heterocycles. The second-order valence-corrected chi connectivity index (χ2v) is 5.92. The van der Waals surface area contributed by atoms with Crippen molar-refractivity contribution in [2.75, 3.05) is 26.2 Å². The summed E-state index contributed by atoms with van der Waals surface area (Å²) in [7, 11) is 1.82. The van der Waals surface area contributed by atoms with Crippen LogP contribution in [-0.2, 0) is 18.4 Å². The lowest BCUT2D eigenvalue weighted by molar-refractivity contribution is -0.124. The molecule has 0 aliphatic carbocycles. The lowest BCUT2D eigenvalue weighted by atomic mass is 10.4. The number of halogens is 3. The third-order valence-corrected chi connectivity index (χ3v) is 4.37. The van der Waals surface area contributed by atoms with Gasteiger partial charge in [0, 0.05) is 32.4 Å². The third kappa shape index (κ3) is 5.65. The van der Waals surface area contributed by atoms with Crippen molar-refractivity contribution < 1.29 is 9.59 Å². The molecule has 3 amide bonds. The highest BCUT2D eigenvalue weighted by atomic mass is 127. The first-order chi connectivity index (χ1) is 11.4. The van der Waals surface area contributed by atoms with Gasteiger partial charge < -0.3 is 20.5 Å². The van der Waals surface area contributed by atoms with Crippen LogP contribution < -0.4 is 16.0 Å². The maximum absolute atomic E-state index is 11.5. The van der Waals surface area contributed by atoms with Crippen LogP contribution in [0.3, 0.4) is 0 Å². The van der Waals surface area contributed by atoms with Crippen LogP contribution in [0.15, 0.2) is 11.1 Å². The van der Waals surface area contributed by atoms with E-state index in [4.69, 9.17) is 23.2 Å². The molecule has 0 bridgehead atoms. The first-order valence-corrected chi connectivity index (χ1v) is 8.29. The van der Waals surface area contributed by atoms with Crippen molar-refractivity contribution in [3.63, 3.8) is 0 Å². The minimum Gasteiger partial charge on any atom is -0.357 e. The Hall–Kier alpha value is -1.20. The molecule has 0 saturated carbocycles. The van der Waals surface area contributed by atoms with Crippen molar-refractivity contribution in [2.24, 2.45) is 12.0 Å². The first-order valence-electron chi connectivity index (χ1n) is 7.54. The maximum atomic E-state index is 11.5. The van der Waals surface area contributed by atoms with E-state index < -0.39 is 0 Å².